The molecule has 2 aromatic rings. The Balaban J connectivity index is 1.59. The second kappa shape index (κ2) is 9.73. The molecular formula is C25H32N2O5S. The number of nitrogens with zero attached hydrogens (tertiary/aromatic N) is 1. The number of nitrogens with one attached hydrogen (secondary N) is 1. The summed E-state index contributed by atoms with van der Waals surface area (Å²) in [6.45, 7) is 7.89. The van der Waals surface area contributed by atoms with Crippen molar-refractivity contribution in [3.05, 3.63) is 53.1 Å². The van der Waals surface area contributed by atoms with Crippen molar-refractivity contribution in [3.8, 4) is 11.5 Å². The zero-order valence-corrected chi connectivity index (χ0v) is 20.3. The molecule has 1 N–H and O–H groups in total. The van der Waals surface area contributed by atoms with Crippen LogP contribution in [0.5, 0.6) is 11.5 Å². The zero-order chi connectivity index (χ0) is 23.6. The molecule has 1 unspecified atom stereocenters. The minimum absolute atomic E-state index is 0.110. The topological polar surface area (TPSA) is 84.9 Å². The van der Waals surface area contributed by atoms with Crippen LogP contribution in [0.15, 0.2) is 41.3 Å². The molecule has 4 rings (SSSR count). The number of sulfonamides is 1. The maximum absolute atomic E-state index is 13.2. The van der Waals surface area contributed by atoms with Gasteiger partial charge in [0, 0.05) is 18.7 Å². The van der Waals surface area contributed by atoms with Crippen molar-refractivity contribution in [1.29, 1.82) is 0 Å². The van der Waals surface area contributed by atoms with Crippen LogP contribution in [0.25, 0.3) is 0 Å². The van der Waals surface area contributed by atoms with E-state index in [0.29, 0.717) is 48.9 Å². The molecule has 0 aromatic heterocycles. The van der Waals surface area contributed by atoms with E-state index < -0.39 is 10.0 Å². The summed E-state index contributed by atoms with van der Waals surface area (Å²) in [5.74, 6) is 1.17. The number of hydrogen-bond donors (Lipinski definition) is 1. The number of amides is 1. The first kappa shape index (κ1) is 23.6. The second-order valence-electron chi connectivity index (χ2n) is 9.04. The maximum atomic E-state index is 13.2. The van der Waals surface area contributed by atoms with E-state index in [2.05, 4.69) is 5.32 Å². The molecule has 1 amide bonds. The lowest BCUT2D eigenvalue weighted by Gasteiger charge is -2.27. The molecular weight excluding hydrogens is 440 g/mol. The van der Waals surface area contributed by atoms with Crippen LogP contribution in [0, 0.1) is 12.8 Å². The van der Waals surface area contributed by atoms with Gasteiger partial charge >= 0.3 is 0 Å². The Morgan fingerprint density at radius 3 is 2.36 bits per heavy atom. The highest BCUT2D eigenvalue weighted by Gasteiger charge is 2.29. The van der Waals surface area contributed by atoms with Gasteiger partial charge in [-0.05, 0) is 61.1 Å². The Morgan fingerprint density at radius 1 is 0.970 bits per heavy atom. The molecule has 1 fully saturated rings. The number of fused-ring (bicyclic) bond motifs is 1. The van der Waals surface area contributed by atoms with Crippen LogP contribution in [-0.4, -0.2) is 44.9 Å². The van der Waals surface area contributed by atoms with E-state index in [1.807, 2.05) is 32.0 Å². The smallest absolute Gasteiger partial charge is 0.251 e. The fourth-order valence-corrected chi connectivity index (χ4v) is 6.14. The Hall–Kier alpha value is -2.58. The van der Waals surface area contributed by atoms with Gasteiger partial charge in [0.25, 0.3) is 5.91 Å². The number of ether oxygens (including phenoxy) is 2. The van der Waals surface area contributed by atoms with Gasteiger partial charge in [0.15, 0.2) is 11.5 Å². The molecule has 178 valence electrons. The SMILES string of the molecule is Cc1ccc(C(=O)NC(c2ccc3c(c2)OCCO3)C(C)C)cc1S(=O)(=O)N1CCCCC1. The molecule has 0 saturated carbocycles. The summed E-state index contributed by atoms with van der Waals surface area (Å²) in [6.07, 6.45) is 2.78. The minimum Gasteiger partial charge on any atom is -0.486 e. The summed E-state index contributed by atoms with van der Waals surface area (Å²) < 4.78 is 39.3. The predicted octanol–water partition coefficient (Wildman–Crippen LogP) is 4.07. The van der Waals surface area contributed by atoms with Gasteiger partial charge < -0.3 is 14.8 Å². The van der Waals surface area contributed by atoms with Crippen molar-refractivity contribution < 1.29 is 22.7 Å². The number of carbonyl (C=O) groups is 1. The molecule has 0 spiro atoms. The molecule has 0 radical (unpaired) electrons. The largest absolute Gasteiger partial charge is 0.486 e. The van der Waals surface area contributed by atoms with Gasteiger partial charge in [0.2, 0.25) is 10.0 Å². The first-order valence-electron chi connectivity index (χ1n) is 11.6. The number of aryl methyl sites for hydroxylation is 1. The molecule has 2 aliphatic rings. The molecule has 0 aliphatic carbocycles. The van der Waals surface area contributed by atoms with Crippen molar-refractivity contribution >= 4 is 15.9 Å². The summed E-state index contributed by atoms with van der Waals surface area (Å²) in [7, 11) is -3.63. The Kier molecular flexibility index (Phi) is 6.95. The Bertz CT molecular complexity index is 1120. The first-order valence-corrected chi connectivity index (χ1v) is 13.0. The summed E-state index contributed by atoms with van der Waals surface area (Å²) >= 11 is 0. The van der Waals surface area contributed by atoms with Crippen LogP contribution in [-0.2, 0) is 10.0 Å². The lowest BCUT2D eigenvalue weighted by molar-refractivity contribution is 0.0925. The fourth-order valence-electron chi connectivity index (χ4n) is 4.38. The van der Waals surface area contributed by atoms with Crippen molar-refractivity contribution in [1.82, 2.24) is 9.62 Å². The predicted molar refractivity (Wildman–Crippen MR) is 126 cm³/mol. The average Bonchev–Trinajstić information content (AvgIpc) is 2.82. The lowest BCUT2D eigenvalue weighted by Crippen LogP contribution is -2.36. The first-order chi connectivity index (χ1) is 15.8. The molecule has 33 heavy (non-hydrogen) atoms. The van der Waals surface area contributed by atoms with Gasteiger partial charge in [-0.15, -0.1) is 0 Å². The number of benzene rings is 2. The highest BCUT2D eigenvalue weighted by atomic mass is 32.2. The van der Waals surface area contributed by atoms with Gasteiger partial charge in [-0.25, -0.2) is 8.42 Å². The van der Waals surface area contributed by atoms with E-state index in [-0.39, 0.29) is 22.8 Å². The molecule has 0 bridgehead atoms. The van der Waals surface area contributed by atoms with E-state index in [4.69, 9.17) is 9.47 Å². The fraction of sp³-hybridized carbons (Fsp3) is 0.480. The normalized spacial score (nSPS) is 17.6. The van der Waals surface area contributed by atoms with Crippen molar-refractivity contribution in [2.24, 2.45) is 5.92 Å². The summed E-state index contributed by atoms with van der Waals surface area (Å²) in [5.41, 5.74) is 1.89. The van der Waals surface area contributed by atoms with E-state index in [9.17, 15) is 13.2 Å². The number of hydrogen-bond acceptors (Lipinski definition) is 5. The van der Waals surface area contributed by atoms with Gasteiger partial charge in [-0.1, -0.05) is 32.4 Å². The molecule has 2 aliphatic heterocycles. The van der Waals surface area contributed by atoms with Crippen LogP contribution >= 0.6 is 0 Å². The number of carbonyl (C=O) groups excluding carboxylic acids is 1. The lowest BCUT2D eigenvalue weighted by atomic mass is 9.95. The third-order valence-corrected chi connectivity index (χ3v) is 8.30. The van der Waals surface area contributed by atoms with Crippen molar-refractivity contribution in [2.75, 3.05) is 26.3 Å². The van der Waals surface area contributed by atoms with Crippen LogP contribution in [0.2, 0.25) is 0 Å². The molecule has 2 aromatic carbocycles. The zero-order valence-electron chi connectivity index (χ0n) is 19.5. The summed E-state index contributed by atoms with van der Waals surface area (Å²) in [6, 6.07) is 10.3. The molecule has 1 atom stereocenters. The maximum Gasteiger partial charge on any atom is 0.251 e. The van der Waals surface area contributed by atoms with Crippen LogP contribution in [0.3, 0.4) is 0 Å². The quantitative estimate of drug-likeness (QED) is 0.685. The van der Waals surface area contributed by atoms with E-state index in [1.165, 1.54) is 10.4 Å². The van der Waals surface area contributed by atoms with Crippen LogP contribution in [0.4, 0.5) is 0 Å². The van der Waals surface area contributed by atoms with Crippen LogP contribution in [0.1, 0.15) is 60.6 Å². The van der Waals surface area contributed by atoms with Crippen molar-refractivity contribution in [2.45, 2.75) is 51.0 Å². The molecule has 2 heterocycles. The third-order valence-electron chi connectivity index (χ3n) is 6.26. The second-order valence-corrected chi connectivity index (χ2v) is 10.9. The monoisotopic (exact) mass is 472 g/mol. The Morgan fingerprint density at radius 2 is 1.67 bits per heavy atom. The van der Waals surface area contributed by atoms with Gasteiger partial charge in [0.05, 0.1) is 10.9 Å². The number of rotatable bonds is 6. The molecule has 8 heteroatoms. The summed E-state index contributed by atoms with van der Waals surface area (Å²) in [5, 5.41) is 3.09. The minimum atomic E-state index is -3.63. The van der Waals surface area contributed by atoms with Gasteiger partial charge in [-0.3, -0.25) is 4.79 Å². The van der Waals surface area contributed by atoms with E-state index in [1.54, 1.807) is 19.1 Å². The van der Waals surface area contributed by atoms with Crippen LogP contribution < -0.4 is 14.8 Å². The van der Waals surface area contributed by atoms with Gasteiger partial charge in [-0.2, -0.15) is 4.31 Å². The highest BCUT2D eigenvalue weighted by Crippen LogP contribution is 2.34. The van der Waals surface area contributed by atoms with E-state index in [0.717, 1.165) is 24.8 Å². The average molecular weight is 473 g/mol. The number of piperidine rings is 1. The third kappa shape index (κ3) is 5.01. The van der Waals surface area contributed by atoms with Gasteiger partial charge in [0.1, 0.15) is 13.2 Å². The highest BCUT2D eigenvalue weighted by molar-refractivity contribution is 7.89. The van der Waals surface area contributed by atoms with Crippen molar-refractivity contribution in [3.63, 3.8) is 0 Å². The molecule has 1 saturated heterocycles. The van der Waals surface area contributed by atoms with E-state index >= 15 is 0 Å². The Labute approximate surface area is 196 Å². The molecule has 7 nitrogen and oxygen atoms in total. The summed E-state index contributed by atoms with van der Waals surface area (Å²) in [4.78, 5) is 13.4. The standard InChI is InChI=1S/C25H32N2O5S/c1-17(2)24(19-9-10-21-22(15-19)32-14-13-31-21)26-25(28)20-8-7-18(3)23(16-20)33(29,30)27-11-5-4-6-12-27/h7-10,15-17,24H,4-6,11-14H2,1-3H3,(H,26,28).